The highest BCUT2D eigenvalue weighted by molar-refractivity contribution is 14.0. The van der Waals surface area contributed by atoms with E-state index in [0.29, 0.717) is 25.2 Å². The van der Waals surface area contributed by atoms with Crippen molar-refractivity contribution in [3.8, 4) is 5.75 Å². The molecule has 1 aliphatic heterocycles. The van der Waals surface area contributed by atoms with E-state index in [2.05, 4.69) is 46.1 Å². The van der Waals surface area contributed by atoms with Gasteiger partial charge in [0.15, 0.2) is 5.96 Å². The van der Waals surface area contributed by atoms with Gasteiger partial charge in [0.05, 0.1) is 12.6 Å². The van der Waals surface area contributed by atoms with Crippen molar-refractivity contribution in [2.24, 2.45) is 4.99 Å². The summed E-state index contributed by atoms with van der Waals surface area (Å²) in [5.41, 5.74) is 2.20. The van der Waals surface area contributed by atoms with E-state index in [9.17, 15) is 4.79 Å². The maximum absolute atomic E-state index is 12.2. The van der Waals surface area contributed by atoms with Gasteiger partial charge in [0.25, 0.3) is 0 Å². The molecule has 1 heterocycles. The Morgan fingerprint density at radius 2 is 1.97 bits per heavy atom. The van der Waals surface area contributed by atoms with Crippen molar-refractivity contribution in [1.82, 2.24) is 16.0 Å². The maximum Gasteiger partial charge on any atom is 0.239 e. The molecule has 1 saturated heterocycles. The van der Waals surface area contributed by atoms with Crippen molar-refractivity contribution in [3.63, 3.8) is 0 Å². The third kappa shape index (κ3) is 8.84. The molecule has 7 nitrogen and oxygen atoms in total. The predicted octanol–water partition coefficient (Wildman–Crippen LogP) is 3.28. The predicted molar refractivity (Wildman–Crippen MR) is 134 cm³/mol. The van der Waals surface area contributed by atoms with Crippen molar-refractivity contribution < 1.29 is 14.3 Å². The molecule has 0 aromatic heterocycles. The average molecular weight is 544 g/mol. The number of aryl methyl sites for hydroxylation is 1. The van der Waals surface area contributed by atoms with Gasteiger partial charge < -0.3 is 25.4 Å². The molecule has 0 bridgehead atoms. The van der Waals surface area contributed by atoms with Crippen LogP contribution in [0.4, 0.5) is 0 Å². The first-order valence-electron chi connectivity index (χ1n) is 11.2. The molecule has 1 aliphatic carbocycles. The number of guanidine groups is 1. The van der Waals surface area contributed by atoms with Gasteiger partial charge in [-0.2, -0.15) is 0 Å². The number of halogens is 1. The largest absolute Gasteiger partial charge is 0.491 e. The zero-order valence-electron chi connectivity index (χ0n) is 18.7. The SMILES string of the molecule is CN=C(NCC(=O)NC1CCCCC1)NCc1ccc(C)cc1OCC1CCCO1.I. The highest BCUT2D eigenvalue weighted by Crippen LogP contribution is 2.22. The van der Waals surface area contributed by atoms with Gasteiger partial charge in [0, 0.05) is 31.8 Å². The van der Waals surface area contributed by atoms with Gasteiger partial charge in [-0.3, -0.25) is 9.79 Å². The minimum absolute atomic E-state index is 0. The Balaban J connectivity index is 0.00000341. The number of carbonyl (C=O) groups excluding carboxylic acids is 1. The van der Waals surface area contributed by atoms with E-state index < -0.39 is 0 Å². The van der Waals surface area contributed by atoms with Crippen LogP contribution in [0.15, 0.2) is 23.2 Å². The Morgan fingerprint density at radius 1 is 1.16 bits per heavy atom. The van der Waals surface area contributed by atoms with Crippen molar-refractivity contribution in [3.05, 3.63) is 29.3 Å². The third-order valence-electron chi connectivity index (χ3n) is 5.73. The van der Waals surface area contributed by atoms with E-state index >= 15 is 0 Å². The highest BCUT2D eigenvalue weighted by atomic mass is 127. The van der Waals surface area contributed by atoms with Crippen LogP contribution in [0.1, 0.15) is 56.1 Å². The van der Waals surface area contributed by atoms with Crippen molar-refractivity contribution >= 4 is 35.8 Å². The van der Waals surface area contributed by atoms with E-state index in [4.69, 9.17) is 9.47 Å². The van der Waals surface area contributed by atoms with Crippen molar-refractivity contribution in [2.45, 2.75) is 70.6 Å². The molecule has 174 valence electrons. The van der Waals surface area contributed by atoms with E-state index in [1.54, 1.807) is 7.05 Å². The number of benzene rings is 1. The van der Waals surface area contributed by atoms with Gasteiger partial charge in [-0.05, 0) is 44.2 Å². The van der Waals surface area contributed by atoms with Crippen LogP contribution in [0.5, 0.6) is 5.75 Å². The first kappa shape index (κ1) is 25.7. The van der Waals surface area contributed by atoms with E-state index in [0.717, 1.165) is 49.2 Å². The summed E-state index contributed by atoms with van der Waals surface area (Å²) >= 11 is 0. The lowest BCUT2D eigenvalue weighted by molar-refractivity contribution is -0.120. The molecule has 31 heavy (non-hydrogen) atoms. The van der Waals surface area contributed by atoms with Crippen LogP contribution < -0.4 is 20.7 Å². The van der Waals surface area contributed by atoms with Crippen LogP contribution >= 0.6 is 24.0 Å². The summed E-state index contributed by atoms with van der Waals surface area (Å²) in [4.78, 5) is 16.5. The fourth-order valence-corrected chi connectivity index (χ4v) is 3.99. The molecular weight excluding hydrogens is 507 g/mol. The summed E-state index contributed by atoms with van der Waals surface area (Å²) in [6.07, 6.45) is 8.20. The summed E-state index contributed by atoms with van der Waals surface area (Å²) in [5.74, 6) is 1.48. The lowest BCUT2D eigenvalue weighted by atomic mass is 9.95. The molecule has 1 unspecified atom stereocenters. The smallest absolute Gasteiger partial charge is 0.239 e. The topological polar surface area (TPSA) is 84.0 Å². The fourth-order valence-electron chi connectivity index (χ4n) is 3.99. The molecule has 2 fully saturated rings. The van der Waals surface area contributed by atoms with Gasteiger partial charge in [0.1, 0.15) is 12.4 Å². The second-order valence-electron chi connectivity index (χ2n) is 8.24. The average Bonchev–Trinajstić information content (AvgIpc) is 3.28. The first-order chi connectivity index (χ1) is 14.6. The third-order valence-corrected chi connectivity index (χ3v) is 5.73. The molecule has 0 radical (unpaired) electrons. The van der Waals surface area contributed by atoms with Crippen LogP contribution in [0.25, 0.3) is 0 Å². The molecular formula is C23H37IN4O3. The van der Waals surface area contributed by atoms with E-state index in [1.165, 1.54) is 19.3 Å². The summed E-state index contributed by atoms with van der Waals surface area (Å²) < 4.78 is 11.7. The number of nitrogens with one attached hydrogen (secondary N) is 3. The number of hydrogen-bond donors (Lipinski definition) is 3. The minimum Gasteiger partial charge on any atom is -0.491 e. The Kier molecular flexibility index (Phi) is 11.4. The van der Waals surface area contributed by atoms with Crippen molar-refractivity contribution in [1.29, 1.82) is 0 Å². The second kappa shape index (κ2) is 13.8. The summed E-state index contributed by atoms with van der Waals surface area (Å²) in [6, 6.07) is 6.51. The van der Waals surface area contributed by atoms with Crippen LogP contribution in [0.3, 0.4) is 0 Å². The Morgan fingerprint density at radius 3 is 2.68 bits per heavy atom. The van der Waals surface area contributed by atoms with Gasteiger partial charge in [0.2, 0.25) is 5.91 Å². The molecule has 8 heteroatoms. The number of nitrogens with zero attached hydrogens (tertiary/aromatic N) is 1. The normalized spacial score (nSPS) is 19.4. The number of aliphatic imine (C=N–C) groups is 1. The number of carbonyl (C=O) groups is 1. The molecule has 1 saturated carbocycles. The van der Waals surface area contributed by atoms with Gasteiger partial charge in [-0.15, -0.1) is 24.0 Å². The number of amides is 1. The number of ether oxygens (including phenoxy) is 2. The lowest BCUT2D eigenvalue weighted by Gasteiger charge is -2.23. The van der Waals surface area contributed by atoms with Crippen LogP contribution in [0.2, 0.25) is 0 Å². The van der Waals surface area contributed by atoms with Crippen molar-refractivity contribution in [2.75, 3.05) is 26.8 Å². The van der Waals surface area contributed by atoms with Gasteiger partial charge in [-0.1, -0.05) is 31.4 Å². The quantitative estimate of drug-likeness (QED) is 0.266. The molecule has 2 aliphatic rings. The van der Waals surface area contributed by atoms with Crippen LogP contribution in [-0.4, -0.2) is 50.8 Å². The molecule has 1 amide bonds. The number of hydrogen-bond acceptors (Lipinski definition) is 4. The zero-order valence-corrected chi connectivity index (χ0v) is 21.1. The van der Waals surface area contributed by atoms with E-state index in [1.807, 2.05) is 0 Å². The first-order valence-corrected chi connectivity index (χ1v) is 11.2. The molecule has 3 N–H and O–H groups in total. The number of rotatable bonds is 8. The standard InChI is InChI=1S/C23H36N4O3.HI/c1-17-10-11-18(21(13-17)30-16-20-9-6-12-29-20)14-25-23(24-2)26-15-22(28)27-19-7-4-3-5-8-19;/h10-11,13,19-20H,3-9,12,14-16H2,1-2H3,(H,27,28)(H2,24,25,26);1H. The molecule has 1 atom stereocenters. The van der Waals surface area contributed by atoms with Crippen LogP contribution in [0, 0.1) is 6.92 Å². The lowest BCUT2D eigenvalue weighted by Crippen LogP contribution is -2.45. The Hall–Kier alpha value is -1.55. The second-order valence-corrected chi connectivity index (χ2v) is 8.24. The van der Waals surface area contributed by atoms with Gasteiger partial charge >= 0.3 is 0 Å². The van der Waals surface area contributed by atoms with Crippen LogP contribution in [-0.2, 0) is 16.1 Å². The van der Waals surface area contributed by atoms with E-state index in [-0.39, 0.29) is 42.5 Å². The summed E-state index contributed by atoms with van der Waals surface area (Å²) in [6.45, 7) is 4.23. The van der Waals surface area contributed by atoms with Gasteiger partial charge in [-0.25, -0.2) is 0 Å². The zero-order chi connectivity index (χ0) is 21.2. The minimum atomic E-state index is 0. The maximum atomic E-state index is 12.2. The highest BCUT2D eigenvalue weighted by Gasteiger charge is 2.18. The Labute approximate surface area is 203 Å². The fraction of sp³-hybridized carbons (Fsp3) is 0.652. The Bertz CT molecular complexity index is 717. The monoisotopic (exact) mass is 544 g/mol. The molecule has 3 rings (SSSR count). The molecule has 0 spiro atoms. The summed E-state index contributed by atoms with van der Waals surface area (Å²) in [5, 5.41) is 9.50. The molecule has 1 aromatic rings. The molecule has 1 aromatic carbocycles. The summed E-state index contributed by atoms with van der Waals surface area (Å²) in [7, 11) is 1.71.